The number of aliphatic hydroxyl groups excluding tert-OH is 1. The first-order chi connectivity index (χ1) is 12.4. The second-order valence-electron chi connectivity index (χ2n) is 6.33. The molecule has 1 atom stereocenters. The molecule has 1 aliphatic heterocycles. The maximum atomic E-state index is 12.0. The maximum absolute atomic E-state index is 12.0. The standard InChI is InChI=1S/C17H22N6O3/c1-11(24)8-15(26)23-6-4-22(5-7-23)14-10-20-17-16(21-14)12(9-19-17)2-3-13(18)25/h2-3,9-11,24H,4-8H2,1H3,(H2,18,25)(H,19,20)/b3-2+. The second-order valence-corrected chi connectivity index (χ2v) is 6.33. The second kappa shape index (κ2) is 7.52. The van der Waals surface area contributed by atoms with Crippen molar-refractivity contribution in [1.82, 2.24) is 19.9 Å². The van der Waals surface area contributed by atoms with E-state index in [4.69, 9.17) is 5.73 Å². The zero-order valence-corrected chi connectivity index (χ0v) is 14.6. The highest BCUT2D eigenvalue weighted by Gasteiger charge is 2.23. The van der Waals surface area contributed by atoms with Crippen molar-refractivity contribution in [3.63, 3.8) is 0 Å². The van der Waals surface area contributed by atoms with Gasteiger partial charge in [0.2, 0.25) is 11.8 Å². The SMILES string of the molecule is CC(O)CC(=O)N1CCN(c2cnc3[nH]cc(/C=C/C(N)=O)c3n2)CC1. The number of anilines is 1. The number of nitrogens with two attached hydrogens (primary N) is 1. The number of primary amides is 1. The van der Waals surface area contributed by atoms with Gasteiger partial charge in [-0.2, -0.15) is 0 Å². The highest BCUT2D eigenvalue weighted by Crippen LogP contribution is 2.20. The number of carbonyl (C=O) groups excluding carboxylic acids is 2. The molecular weight excluding hydrogens is 336 g/mol. The first kappa shape index (κ1) is 17.9. The van der Waals surface area contributed by atoms with Gasteiger partial charge in [-0.1, -0.05) is 0 Å². The minimum absolute atomic E-state index is 0.0364. The third-order valence-electron chi connectivity index (χ3n) is 4.25. The van der Waals surface area contributed by atoms with Crippen molar-refractivity contribution in [2.75, 3.05) is 31.1 Å². The zero-order chi connectivity index (χ0) is 18.7. The Bertz CT molecular complexity index is 836. The molecular formula is C17H22N6O3. The van der Waals surface area contributed by atoms with Gasteiger partial charge in [-0.05, 0) is 13.0 Å². The van der Waals surface area contributed by atoms with Gasteiger partial charge in [-0.25, -0.2) is 9.97 Å². The van der Waals surface area contributed by atoms with Crippen LogP contribution in [0.25, 0.3) is 17.2 Å². The molecule has 138 valence electrons. The Kier molecular flexibility index (Phi) is 5.17. The van der Waals surface area contributed by atoms with Crippen molar-refractivity contribution in [3.8, 4) is 0 Å². The van der Waals surface area contributed by atoms with Crippen LogP contribution in [0.4, 0.5) is 5.82 Å². The van der Waals surface area contributed by atoms with E-state index in [1.54, 1.807) is 30.3 Å². The fourth-order valence-corrected chi connectivity index (χ4v) is 2.92. The van der Waals surface area contributed by atoms with Gasteiger partial charge in [0, 0.05) is 44.0 Å². The number of hydrogen-bond acceptors (Lipinski definition) is 6. The number of nitrogens with one attached hydrogen (secondary N) is 1. The van der Waals surface area contributed by atoms with Gasteiger partial charge in [-0.3, -0.25) is 9.59 Å². The lowest BCUT2D eigenvalue weighted by atomic mass is 10.2. The summed E-state index contributed by atoms with van der Waals surface area (Å²) in [5, 5.41) is 9.35. The van der Waals surface area contributed by atoms with Crippen molar-refractivity contribution in [1.29, 1.82) is 0 Å². The summed E-state index contributed by atoms with van der Waals surface area (Å²) in [6.07, 6.45) is 5.81. The van der Waals surface area contributed by atoms with Crippen LogP contribution in [-0.4, -0.2) is 69.1 Å². The van der Waals surface area contributed by atoms with E-state index in [9.17, 15) is 14.7 Å². The smallest absolute Gasteiger partial charge is 0.241 e. The first-order valence-corrected chi connectivity index (χ1v) is 8.46. The van der Waals surface area contributed by atoms with Gasteiger partial charge in [0.15, 0.2) is 5.65 Å². The number of carbonyl (C=O) groups is 2. The largest absolute Gasteiger partial charge is 0.393 e. The lowest BCUT2D eigenvalue weighted by Gasteiger charge is -2.35. The average molecular weight is 358 g/mol. The molecule has 2 amide bonds. The molecule has 1 unspecified atom stereocenters. The highest BCUT2D eigenvalue weighted by molar-refractivity contribution is 5.93. The predicted molar refractivity (Wildman–Crippen MR) is 97.2 cm³/mol. The van der Waals surface area contributed by atoms with Crippen LogP contribution >= 0.6 is 0 Å². The summed E-state index contributed by atoms with van der Waals surface area (Å²) in [6, 6.07) is 0. The molecule has 26 heavy (non-hydrogen) atoms. The molecule has 3 heterocycles. The predicted octanol–water partition coefficient (Wildman–Crippen LogP) is -0.124. The van der Waals surface area contributed by atoms with Gasteiger partial charge in [0.25, 0.3) is 0 Å². The molecule has 0 saturated carbocycles. The average Bonchev–Trinajstić information content (AvgIpc) is 3.01. The molecule has 2 aromatic rings. The van der Waals surface area contributed by atoms with Crippen LogP contribution in [0.2, 0.25) is 0 Å². The van der Waals surface area contributed by atoms with Crippen molar-refractivity contribution < 1.29 is 14.7 Å². The lowest BCUT2D eigenvalue weighted by Crippen LogP contribution is -2.49. The van der Waals surface area contributed by atoms with Crippen LogP contribution in [-0.2, 0) is 9.59 Å². The number of hydrogen-bond donors (Lipinski definition) is 3. The van der Waals surface area contributed by atoms with E-state index in [0.29, 0.717) is 43.2 Å². The van der Waals surface area contributed by atoms with E-state index < -0.39 is 12.0 Å². The Hall–Kier alpha value is -2.94. The summed E-state index contributed by atoms with van der Waals surface area (Å²) < 4.78 is 0. The van der Waals surface area contributed by atoms with Crippen LogP contribution in [0.3, 0.4) is 0 Å². The summed E-state index contributed by atoms with van der Waals surface area (Å²) >= 11 is 0. The molecule has 1 saturated heterocycles. The molecule has 0 bridgehead atoms. The number of aromatic amines is 1. The van der Waals surface area contributed by atoms with Crippen LogP contribution < -0.4 is 10.6 Å². The van der Waals surface area contributed by atoms with Crippen molar-refractivity contribution >= 4 is 34.9 Å². The molecule has 9 nitrogen and oxygen atoms in total. The number of nitrogens with zero attached hydrogens (tertiary/aromatic N) is 4. The third-order valence-corrected chi connectivity index (χ3v) is 4.25. The zero-order valence-electron chi connectivity index (χ0n) is 14.6. The number of aliphatic hydroxyl groups is 1. The minimum atomic E-state index is -0.630. The summed E-state index contributed by atoms with van der Waals surface area (Å²) in [5.74, 6) is 0.153. The molecule has 3 rings (SSSR count). The number of amides is 2. The van der Waals surface area contributed by atoms with E-state index >= 15 is 0 Å². The molecule has 2 aromatic heterocycles. The van der Waals surface area contributed by atoms with E-state index in [-0.39, 0.29) is 12.3 Å². The number of rotatable bonds is 5. The molecule has 1 aliphatic rings. The number of aromatic nitrogens is 3. The van der Waals surface area contributed by atoms with E-state index in [1.165, 1.54) is 6.08 Å². The Morgan fingerprint density at radius 1 is 1.38 bits per heavy atom. The highest BCUT2D eigenvalue weighted by atomic mass is 16.3. The van der Waals surface area contributed by atoms with E-state index in [0.717, 1.165) is 5.56 Å². The Morgan fingerprint density at radius 3 is 2.77 bits per heavy atom. The summed E-state index contributed by atoms with van der Waals surface area (Å²) in [4.78, 5) is 38.8. The lowest BCUT2D eigenvalue weighted by molar-refractivity contribution is -0.133. The summed E-state index contributed by atoms with van der Waals surface area (Å²) in [6.45, 7) is 4.05. The number of piperazine rings is 1. The van der Waals surface area contributed by atoms with Crippen molar-refractivity contribution in [2.45, 2.75) is 19.4 Å². The normalized spacial score (nSPS) is 16.4. The van der Waals surface area contributed by atoms with Crippen molar-refractivity contribution in [2.24, 2.45) is 5.73 Å². The minimum Gasteiger partial charge on any atom is -0.393 e. The molecule has 9 heteroatoms. The molecule has 0 aliphatic carbocycles. The first-order valence-electron chi connectivity index (χ1n) is 8.46. The third kappa shape index (κ3) is 3.99. The van der Waals surface area contributed by atoms with E-state index in [1.807, 2.05) is 0 Å². The van der Waals surface area contributed by atoms with Crippen LogP contribution in [0.1, 0.15) is 18.9 Å². The molecule has 0 radical (unpaired) electrons. The fourth-order valence-electron chi connectivity index (χ4n) is 2.92. The quantitative estimate of drug-likeness (QED) is 0.639. The Labute approximate surface area is 150 Å². The van der Waals surface area contributed by atoms with Gasteiger partial charge in [-0.15, -0.1) is 0 Å². The van der Waals surface area contributed by atoms with Crippen LogP contribution in [0, 0.1) is 0 Å². The molecule has 4 N–H and O–H groups in total. The van der Waals surface area contributed by atoms with Crippen LogP contribution in [0.15, 0.2) is 18.5 Å². The van der Waals surface area contributed by atoms with Crippen molar-refractivity contribution in [3.05, 3.63) is 24.0 Å². The number of fused-ring (bicyclic) bond motifs is 1. The maximum Gasteiger partial charge on any atom is 0.241 e. The van der Waals surface area contributed by atoms with Gasteiger partial charge >= 0.3 is 0 Å². The van der Waals surface area contributed by atoms with Gasteiger partial charge in [0.1, 0.15) is 11.3 Å². The van der Waals surface area contributed by atoms with E-state index in [2.05, 4.69) is 19.9 Å². The van der Waals surface area contributed by atoms with Gasteiger partial charge in [0.05, 0.1) is 18.7 Å². The fraction of sp³-hybridized carbons (Fsp3) is 0.412. The topological polar surface area (TPSA) is 128 Å². The van der Waals surface area contributed by atoms with Gasteiger partial charge < -0.3 is 25.6 Å². The molecule has 0 aromatic carbocycles. The Balaban J connectivity index is 1.72. The summed E-state index contributed by atoms with van der Waals surface area (Å²) in [7, 11) is 0. The van der Waals surface area contributed by atoms with Crippen LogP contribution in [0.5, 0.6) is 0 Å². The monoisotopic (exact) mass is 358 g/mol. The Morgan fingerprint density at radius 2 is 2.12 bits per heavy atom. The molecule has 1 fully saturated rings. The number of H-pyrrole nitrogens is 1. The summed E-state index contributed by atoms with van der Waals surface area (Å²) in [5.41, 5.74) is 7.16. The molecule has 0 spiro atoms.